The van der Waals surface area contributed by atoms with E-state index < -0.39 is 0 Å². The Labute approximate surface area is 98.9 Å². The highest BCUT2D eigenvalue weighted by atomic mass is 16.3. The number of nitrogens with zero attached hydrogens (tertiary/aromatic N) is 3. The molecule has 1 aromatic heterocycles. The van der Waals surface area contributed by atoms with Gasteiger partial charge in [-0.25, -0.2) is 4.98 Å². The first kappa shape index (κ1) is 11.1. The van der Waals surface area contributed by atoms with E-state index in [2.05, 4.69) is 20.5 Å². The van der Waals surface area contributed by atoms with Crippen LogP contribution in [-0.2, 0) is 0 Å². The van der Waals surface area contributed by atoms with Crippen LogP contribution in [0.1, 0.15) is 0 Å². The summed E-state index contributed by atoms with van der Waals surface area (Å²) in [7, 11) is 1.78. The second-order valence-electron chi connectivity index (χ2n) is 3.34. The molecule has 0 saturated carbocycles. The number of pyridine rings is 1. The number of rotatable bonds is 3. The normalized spacial score (nSPS) is 10.6. The smallest absolute Gasteiger partial charge is 0.174 e. The molecule has 5 heteroatoms. The summed E-state index contributed by atoms with van der Waals surface area (Å²) in [4.78, 5) is 4.00. The number of aromatic nitrogens is 1. The highest BCUT2D eigenvalue weighted by Gasteiger charge is 2.00. The lowest BCUT2D eigenvalue weighted by Crippen LogP contribution is -1.85. The van der Waals surface area contributed by atoms with Crippen molar-refractivity contribution < 1.29 is 5.11 Å². The van der Waals surface area contributed by atoms with Crippen molar-refractivity contribution in [1.29, 1.82) is 0 Å². The van der Waals surface area contributed by atoms with Crippen LogP contribution in [0.25, 0.3) is 0 Å². The lowest BCUT2D eigenvalue weighted by atomic mass is 10.2. The van der Waals surface area contributed by atoms with Gasteiger partial charge in [-0.15, -0.1) is 10.2 Å². The molecular formula is C12H12N4O. The quantitative estimate of drug-likeness (QED) is 0.792. The maximum absolute atomic E-state index is 9.69. The molecule has 0 radical (unpaired) electrons. The van der Waals surface area contributed by atoms with Crippen LogP contribution in [-0.4, -0.2) is 17.1 Å². The highest BCUT2D eigenvalue weighted by molar-refractivity contribution is 5.59. The topological polar surface area (TPSA) is 69.9 Å². The Morgan fingerprint density at radius 2 is 2.06 bits per heavy atom. The third-order valence-electron chi connectivity index (χ3n) is 2.17. The van der Waals surface area contributed by atoms with Gasteiger partial charge in [0.05, 0.1) is 0 Å². The van der Waals surface area contributed by atoms with Crippen molar-refractivity contribution in [2.45, 2.75) is 0 Å². The van der Waals surface area contributed by atoms with Gasteiger partial charge in [-0.2, -0.15) is 0 Å². The predicted octanol–water partition coefficient (Wildman–Crippen LogP) is 3.24. The summed E-state index contributed by atoms with van der Waals surface area (Å²) >= 11 is 0. The fourth-order valence-corrected chi connectivity index (χ4v) is 1.28. The first-order valence-electron chi connectivity index (χ1n) is 5.13. The Hall–Kier alpha value is -2.43. The molecule has 1 heterocycles. The summed E-state index contributed by atoms with van der Waals surface area (Å²) in [5.41, 5.74) is 1.23. The minimum Gasteiger partial charge on any atom is -0.506 e. The summed E-state index contributed by atoms with van der Waals surface area (Å²) in [6.45, 7) is 0. The van der Waals surface area contributed by atoms with Crippen LogP contribution in [0.5, 0.6) is 5.75 Å². The maximum Gasteiger partial charge on any atom is 0.174 e. The Bertz CT molecular complexity index is 525. The number of phenolic OH excluding ortho intramolecular Hbond substituents is 1. The first-order valence-corrected chi connectivity index (χ1v) is 5.13. The number of hydrogen-bond donors (Lipinski definition) is 2. The van der Waals surface area contributed by atoms with Gasteiger partial charge in [0.2, 0.25) is 0 Å². The van der Waals surface area contributed by atoms with Crippen LogP contribution in [0.15, 0.2) is 52.8 Å². The van der Waals surface area contributed by atoms with Crippen molar-refractivity contribution in [3.8, 4) is 5.75 Å². The average Bonchev–Trinajstić information content (AvgIpc) is 2.38. The second kappa shape index (κ2) is 5.07. The summed E-state index contributed by atoms with van der Waals surface area (Å²) in [6.07, 6.45) is 1.64. The molecule has 2 rings (SSSR count). The molecule has 0 bridgehead atoms. The van der Waals surface area contributed by atoms with Crippen molar-refractivity contribution in [1.82, 2.24) is 4.98 Å². The summed E-state index contributed by atoms with van der Waals surface area (Å²) in [5.74, 6) is 0.584. The number of phenols is 1. The number of azo groups is 1. The van der Waals surface area contributed by atoms with Crippen LogP contribution in [0.4, 0.5) is 17.2 Å². The zero-order chi connectivity index (χ0) is 12.1. The lowest BCUT2D eigenvalue weighted by Gasteiger charge is -2.02. The fourth-order valence-electron chi connectivity index (χ4n) is 1.28. The molecule has 0 spiro atoms. The van der Waals surface area contributed by atoms with Crippen molar-refractivity contribution in [3.05, 3.63) is 42.6 Å². The van der Waals surface area contributed by atoms with E-state index >= 15 is 0 Å². The minimum absolute atomic E-state index is 0.0801. The number of anilines is 1. The van der Waals surface area contributed by atoms with Crippen molar-refractivity contribution in [3.63, 3.8) is 0 Å². The van der Waals surface area contributed by atoms with E-state index in [1.165, 1.54) is 0 Å². The minimum atomic E-state index is 0.0801. The van der Waals surface area contributed by atoms with Gasteiger partial charge in [0.1, 0.15) is 11.4 Å². The molecular weight excluding hydrogens is 216 g/mol. The molecule has 0 unspecified atom stereocenters. The standard InChI is InChI=1S/C12H12N4O/c1-13-9-5-6-10(11(17)8-9)15-16-12-4-2-3-7-14-12/h2-8,13,17H,1H3/b16-15+. The largest absolute Gasteiger partial charge is 0.506 e. The predicted molar refractivity (Wildman–Crippen MR) is 66.1 cm³/mol. The van der Waals surface area contributed by atoms with E-state index in [1.54, 1.807) is 37.5 Å². The van der Waals surface area contributed by atoms with E-state index in [0.717, 1.165) is 5.69 Å². The third kappa shape index (κ3) is 2.78. The highest BCUT2D eigenvalue weighted by Crippen LogP contribution is 2.30. The summed E-state index contributed by atoms with van der Waals surface area (Å²) < 4.78 is 0. The van der Waals surface area contributed by atoms with E-state index in [-0.39, 0.29) is 5.75 Å². The molecule has 1 aromatic carbocycles. The molecule has 5 nitrogen and oxygen atoms in total. The van der Waals surface area contributed by atoms with E-state index in [4.69, 9.17) is 0 Å². The number of aromatic hydroxyl groups is 1. The lowest BCUT2D eigenvalue weighted by molar-refractivity contribution is 0.476. The molecule has 0 amide bonds. The van der Waals surface area contributed by atoms with E-state index in [9.17, 15) is 5.11 Å². The van der Waals surface area contributed by atoms with Gasteiger partial charge in [-0.1, -0.05) is 6.07 Å². The van der Waals surface area contributed by atoms with E-state index in [0.29, 0.717) is 11.5 Å². The Balaban J connectivity index is 2.22. The molecule has 2 aromatic rings. The Morgan fingerprint density at radius 1 is 1.18 bits per heavy atom. The van der Waals surface area contributed by atoms with Crippen LogP contribution in [0.2, 0.25) is 0 Å². The zero-order valence-corrected chi connectivity index (χ0v) is 9.33. The molecule has 0 aliphatic heterocycles. The Morgan fingerprint density at radius 3 is 2.71 bits per heavy atom. The van der Waals surface area contributed by atoms with Crippen molar-refractivity contribution >= 4 is 17.2 Å². The van der Waals surface area contributed by atoms with Crippen LogP contribution < -0.4 is 5.32 Å². The zero-order valence-electron chi connectivity index (χ0n) is 9.33. The van der Waals surface area contributed by atoms with Gasteiger partial charge >= 0.3 is 0 Å². The van der Waals surface area contributed by atoms with Gasteiger partial charge < -0.3 is 10.4 Å². The molecule has 86 valence electrons. The van der Waals surface area contributed by atoms with Gasteiger partial charge in [0.25, 0.3) is 0 Å². The molecule has 0 atom stereocenters. The summed E-state index contributed by atoms with van der Waals surface area (Å²) in [5, 5.41) is 20.5. The van der Waals surface area contributed by atoms with Gasteiger partial charge in [0.15, 0.2) is 5.82 Å². The number of nitrogens with one attached hydrogen (secondary N) is 1. The van der Waals surface area contributed by atoms with Crippen LogP contribution in [0.3, 0.4) is 0 Å². The SMILES string of the molecule is CNc1ccc(/N=N/c2ccccn2)c(O)c1. The molecule has 2 N–H and O–H groups in total. The first-order chi connectivity index (χ1) is 8.29. The summed E-state index contributed by atoms with van der Waals surface area (Å²) in [6, 6.07) is 10.5. The molecule has 0 saturated heterocycles. The van der Waals surface area contributed by atoms with Gasteiger partial charge in [-0.05, 0) is 24.3 Å². The van der Waals surface area contributed by atoms with Gasteiger partial charge in [-0.3, -0.25) is 0 Å². The number of hydrogen-bond acceptors (Lipinski definition) is 5. The Kier molecular flexibility index (Phi) is 3.30. The number of benzene rings is 1. The second-order valence-corrected chi connectivity index (χ2v) is 3.34. The fraction of sp³-hybridized carbons (Fsp3) is 0.0833. The van der Waals surface area contributed by atoms with E-state index in [1.807, 2.05) is 12.1 Å². The van der Waals surface area contributed by atoms with Crippen LogP contribution >= 0.6 is 0 Å². The maximum atomic E-state index is 9.69. The molecule has 0 aliphatic rings. The average molecular weight is 228 g/mol. The van der Waals surface area contributed by atoms with Crippen molar-refractivity contribution in [2.75, 3.05) is 12.4 Å². The molecule has 0 aliphatic carbocycles. The van der Waals surface area contributed by atoms with Gasteiger partial charge in [0, 0.05) is 25.0 Å². The molecule has 0 fully saturated rings. The molecule has 17 heavy (non-hydrogen) atoms. The van der Waals surface area contributed by atoms with Crippen LogP contribution in [0, 0.1) is 0 Å². The third-order valence-corrected chi connectivity index (χ3v) is 2.17. The monoisotopic (exact) mass is 228 g/mol. The van der Waals surface area contributed by atoms with Crippen molar-refractivity contribution in [2.24, 2.45) is 10.2 Å².